The van der Waals surface area contributed by atoms with Gasteiger partial charge in [0.1, 0.15) is 0 Å². The quantitative estimate of drug-likeness (QED) is 0.0315. The molecule has 0 spiro atoms. The normalized spacial score (nSPS) is 11.8. The van der Waals surface area contributed by atoms with Gasteiger partial charge in [0.05, 0.1) is 40.5 Å². The van der Waals surface area contributed by atoms with Crippen LogP contribution in [0.2, 0.25) is 0 Å². The molecule has 0 saturated carbocycles. The molecule has 0 aliphatic carbocycles. The predicted molar refractivity (Wildman–Crippen MR) is 376 cm³/mol. The Hall–Kier alpha value is 0.354. The molecule has 0 radical (unpaired) electrons. The molecular weight excluding hydrogens is 1230 g/mol. The third-order valence-corrected chi connectivity index (χ3v) is 20.1. The van der Waals surface area contributed by atoms with Crippen molar-refractivity contribution in [2.24, 2.45) is 0 Å². The van der Waals surface area contributed by atoms with Crippen molar-refractivity contribution in [3.63, 3.8) is 0 Å². The van der Waals surface area contributed by atoms with E-state index in [1.54, 1.807) is 0 Å². The Balaban J connectivity index is -0.000000351. The van der Waals surface area contributed by atoms with Gasteiger partial charge in [0, 0.05) is 23.0 Å². The van der Waals surface area contributed by atoms with E-state index < -0.39 is 40.5 Å². The molecule has 0 aliphatic heterocycles. The SMILES string of the molecule is CCCCCCCCCCCCCCCCCCS(=O)(=O)[O-].CCCCCCCCCCCCCCCCCCS(=O)(=O)[O-].CCCCCCCCCCCCCCCCCCS(=O)(=O)[O-].CCCCCCCCCCCCCCCCCCS(=O)(=O)[O-].[Ti+4]. The Morgan fingerprint density at radius 1 is 0.146 bits per heavy atom. The molecular formula is C72H148O12S4Ti. The average Bonchev–Trinajstić information content (AvgIpc) is 3.46. The van der Waals surface area contributed by atoms with Crippen LogP contribution in [0.15, 0.2) is 0 Å². The Bertz CT molecular complexity index is 1510. The summed E-state index contributed by atoms with van der Waals surface area (Å²) < 4.78 is 125. The van der Waals surface area contributed by atoms with E-state index in [9.17, 15) is 51.9 Å². The largest absolute Gasteiger partial charge is 4.00 e. The average molecular weight is 1380 g/mol. The summed E-state index contributed by atoms with van der Waals surface area (Å²) in [5.41, 5.74) is 0. The van der Waals surface area contributed by atoms with Crippen LogP contribution < -0.4 is 0 Å². The van der Waals surface area contributed by atoms with Crippen molar-refractivity contribution in [3.8, 4) is 0 Å². The van der Waals surface area contributed by atoms with Gasteiger partial charge in [0.2, 0.25) is 0 Å². The molecule has 0 fully saturated rings. The zero-order valence-electron chi connectivity index (χ0n) is 59.1. The molecule has 17 heteroatoms. The fourth-order valence-electron chi connectivity index (χ4n) is 11.3. The van der Waals surface area contributed by atoms with Crippen LogP contribution >= 0.6 is 0 Å². The molecule has 0 heterocycles. The molecule has 12 nitrogen and oxygen atoms in total. The van der Waals surface area contributed by atoms with Gasteiger partial charge in [0.15, 0.2) is 0 Å². The summed E-state index contributed by atoms with van der Waals surface area (Å²) in [6, 6.07) is 0. The predicted octanol–water partition coefficient (Wildman–Crippen LogP) is 23.2. The number of hydrogen-bond acceptors (Lipinski definition) is 12. The summed E-state index contributed by atoms with van der Waals surface area (Å²) in [6.07, 6.45) is 80.3. The fraction of sp³-hybridized carbons (Fsp3) is 1.00. The standard InChI is InChI=1S/4C18H38O3S.Ti/c4*1-2-3-4-5-6-7-8-9-10-11-12-13-14-15-16-17-18-22(19,20)21;/h4*2-18H2,1H3,(H,19,20,21);/q;;;;+4/p-4. The zero-order valence-corrected chi connectivity index (χ0v) is 63.9. The molecule has 0 aromatic heterocycles. The number of hydrogen-bond donors (Lipinski definition) is 0. The Kier molecular flexibility index (Phi) is 87.1. The Morgan fingerprint density at radius 3 is 0.281 bits per heavy atom. The molecule has 0 aliphatic rings. The molecule has 0 unspecified atom stereocenters. The monoisotopic (exact) mass is 1380 g/mol. The van der Waals surface area contributed by atoms with E-state index in [0.717, 1.165) is 51.4 Å². The van der Waals surface area contributed by atoms with Gasteiger partial charge >= 0.3 is 21.7 Å². The number of rotatable bonds is 68. The third-order valence-electron chi connectivity index (χ3n) is 17.0. The maximum atomic E-state index is 10.4. The molecule has 89 heavy (non-hydrogen) atoms. The molecule has 0 bridgehead atoms. The van der Waals surface area contributed by atoms with Crippen LogP contribution in [0.3, 0.4) is 0 Å². The summed E-state index contributed by atoms with van der Waals surface area (Å²) in [7, 11) is -16.0. The summed E-state index contributed by atoms with van der Waals surface area (Å²) in [4.78, 5) is 0. The van der Waals surface area contributed by atoms with E-state index in [2.05, 4.69) is 27.7 Å². The first-order valence-corrected chi connectivity index (χ1v) is 44.3. The second-order valence-corrected chi connectivity index (χ2v) is 32.4. The molecule has 536 valence electrons. The van der Waals surface area contributed by atoms with Crippen LogP contribution in [0.4, 0.5) is 0 Å². The minimum Gasteiger partial charge on any atom is -0.748 e. The van der Waals surface area contributed by atoms with Crippen molar-refractivity contribution in [2.45, 2.75) is 439 Å². The van der Waals surface area contributed by atoms with Crippen molar-refractivity contribution in [3.05, 3.63) is 0 Å². The molecule has 0 aromatic carbocycles. The third kappa shape index (κ3) is 113. The summed E-state index contributed by atoms with van der Waals surface area (Å²) in [6.45, 7) is 9.04. The van der Waals surface area contributed by atoms with E-state index in [0.29, 0.717) is 25.7 Å². The van der Waals surface area contributed by atoms with Gasteiger partial charge < -0.3 is 18.2 Å². The van der Waals surface area contributed by atoms with E-state index >= 15 is 0 Å². The number of unbranched alkanes of at least 4 members (excludes halogenated alkanes) is 60. The van der Waals surface area contributed by atoms with Crippen LogP contribution in [0.5, 0.6) is 0 Å². The Morgan fingerprint density at radius 2 is 0.213 bits per heavy atom. The van der Waals surface area contributed by atoms with Crippen LogP contribution in [0.1, 0.15) is 439 Å². The van der Waals surface area contributed by atoms with Gasteiger partial charge in [-0.2, -0.15) is 0 Å². The van der Waals surface area contributed by atoms with Crippen LogP contribution in [0, 0.1) is 0 Å². The van der Waals surface area contributed by atoms with Gasteiger partial charge in [0.25, 0.3) is 0 Å². The first kappa shape index (κ1) is 98.0. The summed E-state index contributed by atoms with van der Waals surface area (Å²) in [5, 5.41) is 0. The molecule has 0 aromatic rings. The first-order valence-electron chi connectivity index (χ1n) is 38.0. The molecule has 0 saturated heterocycles. The van der Waals surface area contributed by atoms with Crippen molar-refractivity contribution in [1.82, 2.24) is 0 Å². The molecule has 0 rings (SSSR count). The maximum Gasteiger partial charge on any atom is 4.00 e. The Labute approximate surface area is 571 Å². The van der Waals surface area contributed by atoms with E-state index in [1.807, 2.05) is 0 Å². The smallest absolute Gasteiger partial charge is 0.748 e. The van der Waals surface area contributed by atoms with Gasteiger partial charge in [-0.3, -0.25) is 0 Å². The minimum absolute atomic E-state index is 0. The topological polar surface area (TPSA) is 229 Å². The van der Waals surface area contributed by atoms with Crippen molar-refractivity contribution in [2.75, 3.05) is 23.0 Å². The summed E-state index contributed by atoms with van der Waals surface area (Å²) >= 11 is 0. The van der Waals surface area contributed by atoms with Gasteiger partial charge in [-0.15, -0.1) is 0 Å². The van der Waals surface area contributed by atoms with Gasteiger partial charge in [-0.05, 0) is 25.7 Å². The van der Waals surface area contributed by atoms with Crippen molar-refractivity contribution >= 4 is 40.5 Å². The second kappa shape index (κ2) is 79.0. The van der Waals surface area contributed by atoms with Crippen LogP contribution in [0.25, 0.3) is 0 Å². The fourth-order valence-corrected chi connectivity index (χ4v) is 13.5. The van der Waals surface area contributed by atoms with Crippen molar-refractivity contribution in [1.29, 1.82) is 0 Å². The van der Waals surface area contributed by atoms with E-state index in [4.69, 9.17) is 0 Å². The minimum atomic E-state index is -3.99. The van der Waals surface area contributed by atoms with Gasteiger partial charge in [-0.25, -0.2) is 33.7 Å². The van der Waals surface area contributed by atoms with E-state index in [-0.39, 0.29) is 44.7 Å². The maximum absolute atomic E-state index is 10.4. The zero-order chi connectivity index (χ0) is 66.1. The molecule has 0 atom stereocenters. The van der Waals surface area contributed by atoms with Crippen molar-refractivity contribution < 1.29 is 73.6 Å². The van der Waals surface area contributed by atoms with Crippen LogP contribution in [-0.4, -0.2) is 74.9 Å². The van der Waals surface area contributed by atoms with E-state index in [1.165, 1.54) is 334 Å². The molecule has 0 amide bonds. The first-order chi connectivity index (χ1) is 42.2. The summed E-state index contributed by atoms with van der Waals surface area (Å²) in [5.74, 6) is -0.756. The second-order valence-electron chi connectivity index (χ2n) is 26.3. The molecule has 0 N–H and O–H groups in total. The van der Waals surface area contributed by atoms with Crippen LogP contribution in [-0.2, 0) is 62.2 Å². The van der Waals surface area contributed by atoms with Gasteiger partial charge in [-0.1, -0.05) is 413 Å².